The van der Waals surface area contributed by atoms with Crippen LogP contribution >= 0.6 is 0 Å². The maximum atomic E-state index is 11.9. The molecule has 0 bridgehead atoms. The fraction of sp³-hybridized carbons (Fsp3) is 0.714. The van der Waals surface area contributed by atoms with Crippen molar-refractivity contribution in [3.05, 3.63) is 12.2 Å². The van der Waals surface area contributed by atoms with Crippen LogP contribution < -0.4 is 5.32 Å². The van der Waals surface area contributed by atoms with E-state index in [1.165, 1.54) is 7.11 Å². The number of hydrogen-bond donors (Lipinski definition) is 2. The molecule has 0 fully saturated rings. The van der Waals surface area contributed by atoms with E-state index in [1.807, 2.05) is 0 Å². The van der Waals surface area contributed by atoms with Crippen molar-refractivity contribution in [1.29, 1.82) is 0 Å². The van der Waals surface area contributed by atoms with Crippen LogP contribution in [0.15, 0.2) is 12.2 Å². The minimum atomic E-state index is -0.872. The Balaban J connectivity index is 2.64. The van der Waals surface area contributed by atoms with Gasteiger partial charge in [-0.3, -0.25) is 4.79 Å². The summed E-state index contributed by atoms with van der Waals surface area (Å²) in [4.78, 5) is 23.5. The van der Waals surface area contributed by atoms with E-state index in [1.54, 1.807) is 32.9 Å². The summed E-state index contributed by atoms with van der Waals surface area (Å²) in [5.74, 6) is -0.406. The number of hydrogen-bond acceptors (Lipinski definition) is 5. The summed E-state index contributed by atoms with van der Waals surface area (Å²) in [6.07, 6.45) is 3.52. The SMILES string of the molecule is COC(=O)[C@@]1(CCO)C=C[C@@H](NC(=O)OC(C)(C)C)C1. The van der Waals surface area contributed by atoms with E-state index < -0.39 is 23.1 Å². The van der Waals surface area contributed by atoms with Crippen LogP contribution in [0.3, 0.4) is 0 Å². The average Bonchev–Trinajstić information content (AvgIpc) is 2.70. The first-order valence-electron chi connectivity index (χ1n) is 6.60. The van der Waals surface area contributed by atoms with Gasteiger partial charge in [0.1, 0.15) is 5.60 Å². The molecule has 0 saturated heterocycles. The van der Waals surface area contributed by atoms with Gasteiger partial charge in [0.15, 0.2) is 0 Å². The minimum absolute atomic E-state index is 0.126. The van der Waals surface area contributed by atoms with Crippen molar-refractivity contribution in [1.82, 2.24) is 5.32 Å². The number of methoxy groups -OCH3 is 1. The van der Waals surface area contributed by atoms with Gasteiger partial charge < -0.3 is 19.9 Å². The molecule has 0 radical (unpaired) electrons. The van der Waals surface area contributed by atoms with Crippen molar-refractivity contribution < 1.29 is 24.2 Å². The Morgan fingerprint density at radius 2 is 2.10 bits per heavy atom. The highest BCUT2D eigenvalue weighted by molar-refractivity contribution is 5.80. The molecule has 2 atom stereocenters. The van der Waals surface area contributed by atoms with E-state index in [0.717, 1.165) is 0 Å². The lowest BCUT2D eigenvalue weighted by Gasteiger charge is -2.26. The number of carbonyl (C=O) groups is 2. The van der Waals surface area contributed by atoms with Crippen molar-refractivity contribution in [3.63, 3.8) is 0 Å². The van der Waals surface area contributed by atoms with E-state index in [-0.39, 0.29) is 19.1 Å². The zero-order valence-electron chi connectivity index (χ0n) is 12.4. The second-order valence-electron chi connectivity index (χ2n) is 5.94. The molecular formula is C14H23NO5. The minimum Gasteiger partial charge on any atom is -0.468 e. The van der Waals surface area contributed by atoms with Crippen LogP contribution in [-0.4, -0.2) is 42.5 Å². The van der Waals surface area contributed by atoms with E-state index in [4.69, 9.17) is 14.6 Å². The van der Waals surface area contributed by atoms with Gasteiger partial charge in [-0.15, -0.1) is 0 Å². The molecule has 1 aliphatic carbocycles. The summed E-state index contributed by atoms with van der Waals surface area (Å²) in [5.41, 5.74) is -1.44. The number of amides is 1. The number of aliphatic hydroxyl groups excluding tert-OH is 1. The molecule has 0 heterocycles. The Morgan fingerprint density at radius 1 is 1.45 bits per heavy atom. The molecule has 0 aliphatic heterocycles. The van der Waals surface area contributed by atoms with Crippen LogP contribution in [0.5, 0.6) is 0 Å². The van der Waals surface area contributed by atoms with Crippen molar-refractivity contribution >= 4 is 12.1 Å². The van der Waals surface area contributed by atoms with Gasteiger partial charge >= 0.3 is 12.1 Å². The van der Waals surface area contributed by atoms with Crippen LogP contribution in [0.1, 0.15) is 33.6 Å². The fourth-order valence-electron chi connectivity index (χ4n) is 2.23. The Hall–Kier alpha value is -1.56. The van der Waals surface area contributed by atoms with E-state index in [0.29, 0.717) is 6.42 Å². The molecule has 114 valence electrons. The molecule has 0 spiro atoms. The summed E-state index contributed by atoms with van der Waals surface area (Å²) >= 11 is 0. The number of aliphatic hydroxyl groups is 1. The molecule has 6 nitrogen and oxygen atoms in total. The molecule has 0 aromatic rings. The predicted molar refractivity (Wildman–Crippen MR) is 73.1 cm³/mol. The predicted octanol–water partition coefficient (Wildman–Crippen LogP) is 1.38. The third-order valence-corrected chi connectivity index (χ3v) is 3.08. The normalized spacial score (nSPS) is 25.4. The number of carbonyl (C=O) groups excluding carboxylic acids is 2. The maximum absolute atomic E-state index is 11.9. The van der Waals surface area contributed by atoms with Crippen molar-refractivity contribution in [2.75, 3.05) is 13.7 Å². The monoisotopic (exact) mass is 285 g/mol. The van der Waals surface area contributed by atoms with Crippen molar-refractivity contribution in [2.24, 2.45) is 5.41 Å². The number of nitrogens with one attached hydrogen (secondary N) is 1. The first-order chi connectivity index (χ1) is 9.22. The summed E-state index contributed by atoms with van der Waals surface area (Å²) in [7, 11) is 1.31. The standard InChI is InChI=1S/C14H23NO5/c1-13(2,3)20-12(18)15-10-5-6-14(9-10,7-8-16)11(17)19-4/h5-6,10,16H,7-9H2,1-4H3,(H,15,18)/t10-,14-/m1/s1. The molecule has 1 rings (SSSR count). The van der Waals surface area contributed by atoms with E-state index in [2.05, 4.69) is 5.32 Å². The van der Waals surface area contributed by atoms with Crippen LogP contribution in [0.4, 0.5) is 4.79 Å². The molecule has 20 heavy (non-hydrogen) atoms. The van der Waals surface area contributed by atoms with E-state index >= 15 is 0 Å². The molecule has 6 heteroatoms. The molecule has 0 saturated carbocycles. The molecule has 0 aromatic heterocycles. The topological polar surface area (TPSA) is 84.9 Å². The van der Waals surface area contributed by atoms with Gasteiger partial charge in [-0.05, 0) is 33.6 Å². The van der Waals surface area contributed by atoms with Crippen molar-refractivity contribution in [3.8, 4) is 0 Å². The summed E-state index contributed by atoms with van der Waals surface area (Å²) in [6, 6.07) is -0.310. The first-order valence-corrected chi connectivity index (χ1v) is 6.60. The summed E-state index contributed by atoms with van der Waals surface area (Å²) in [5, 5.41) is 11.8. The number of alkyl carbamates (subject to hydrolysis) is 1. The van der Waals surface area contributed by atoms with Crippen molar-refractivity contribution in [2.45, 2.75) is 45.3 Å². The lowest BCUT2D eigenvalue weighted by atomic mass is 9.83. The van der Waals surface area contributed by atoms with Gasteiger partial charge in [0.2, 0.25) is 0 Å². The highest BCUT2D eigenvalue weighted by Gasteiger charge is 2.42. The number of esters is 1. The third-order valence-electron chi connectivity index (χ3n) is 3.08. The summed E-state index contributed by atoms with van der Waals surface area (Å²) in [6.45, 7) is 5.21. The zero-order valence-corrected chi connectivity index (χ0v) is 12.4. The lowest BCUT2D eigenvalue weighted by molar-refractivity contribution is -0.150. The number of ether oxygens (including phenoxy) is 2. The van der Waals surface area contributed by atoms with Gasteiger partial charge in [0.25, 0.3) is 0 Å². The average molecular weight is 285 g/mol. The quantitative estimate of drug-likeness (QED) is 0.602. The van der Waals surface area contributed by atoms with Gasteiger partial charge in [-0.25, -0.2) is 4.79 Å². The van der Waals surface area contributed by atoms with E-state index in [9.17, 15) is 9.59 Å². The van der Waals surface area contributed by atoms with Crippen LogP contribution in [0.2, 0.25) is 0 Å². The molecule has 1 aliphatic rings. The van der Waals surface area contributed by atoms with Gasteiger partial charge in [0, 0.05) is 6.61 Å². The summed E-state index contributed by atoms with van der Waals surface area (Å²) < 4.78 is 9.94. The second kappa shape index (κ2) is 6.26. The Kier molecular flexibility index (Phi) is 5.16. The number of rotatable bonds is 4. The molecule has 1 amide bonds. The third kappa shape index (κ3) is 4.23. The largest absolute Gasteiger partial charge is 0.468 e. The highest BCUT2D eigenvalue weighted by Crippen LogP contribution is 2.36. The first kappa shape index (κ1) is 16.5. The fourth-order valence-corrected chi connectivity index (χ4v) is 2.23. The Labute approximate surface area is 119 Å². The second-order valence-corrected chi connectivity index (χ2v) is 5.94. The molecular weight excluding hydrogens is 262 g/mol. The lowest BCUT2D eigenvalue weighted by Crippen LogP contribution is -2.40. The Morgan fingerprint density at radius 3 is 2.60 bits per heavy atom. The van der Waals surface area contributed by atoms with Crippen LogP contribution in [0.25, 0.3) is 0 Å². The van der Waals surface area contributed by atoms with Crippen LogP contribution in [-0.2, 0) is 14.3 Å². The van der Waals surface area contributed by atoms with Gasteiger partial charge in [-0.2, -0.15) is 0 Å². The maximum Gasteiger partial charge on any atom is 0.408 e. The smallest absolute Gasteiger partial charge is 0.408 e. The Bertz CT molecular complexity index is 399. The molecule has 0 aromatic carbocycles. The van der Waals surface area contributed by atoms with Gasteiger partial charge in [0.05, 0.1) is 18.6 Å². The van der Waals surface area contributed by atoms with Crippen LogP contribution in [0, 0.1) is 5.41 Å². The molecule has 2 N–H and O–H groups in total. The highest BCUT2D eigenvalue weighted by atomic mass is 16.6. The van der Waals surface area contributed by atoms with Gasteiger partial charge in [-0.1, -0.05) is 12.2 Å². The molecule has 0 unspecified atom stereocenters. The zero-order chi connectivity index (χ0) is 15.4.